The van der Waals surface area contributed by atoms with E-state index in [1.54, 1.807) is 0 Å². The Hall–Kier alpha value is 0.390. The number of allylic oxidation sites excluding steroid dienone is 1. The summed E-state index contributed by atoms with van der Waals surface area (Å²) in [7, 11) is 0. The molecule has 2 rings (SSSR count). The molecule has 1 N–H and O–H groups in total. The highest BCUT2D eigenvalue weighted by molar-refractivity contribution is 9.09. The minimum absolute atomic E-state index is 0.00574. The van der Waals surface area contributed by atoms with Crippen LogP contribution >= 0.6 is 27.5 Å². The van der Waals surface area contributed by atoms with Crippen molar-refractivity contribution >= 4 is 27.5 Å². The summed E-state index contributed by atoms with van der Waals surface area (Å²) in [5.74, 6) is 0. The van der Waals surface area contributed by atoms with Crippen molar-refractivity contribution in [3.05, 3.63) is 11.1 Å². The van der Waals surface area contributed by atoms with Crippen LogP contribution in [0.2, 0.25) is 0 Å². The molecule has 0 aromatic heterocycles. The van der Waals surface area contributed by atoms with Crippen LogP contribution in [-0.4, -0.2) is 41.0 Å². The molecule has 0 aliphatic carbocycles. The molecule has 3 nitrogen and oxygen atoms in total. The summed E-state index contributed by atoms with van der Waals surface area (Å²) in [4.78, 5) is 0.241. The van der Waals surface area contributed by atoms with E-state index in [0.717, 1.165) is 24.3 Å². The molecule has 5 heteroatoms. The van der Waals surface area contributed by atoms with Gasteiger partial charge >= 0.3 is 0 Å². The van der Waals surface area contributed by atoms with Gasteiger partial charge in [-0.25, -0.2) is 0 Å². The lowest BCUT2D eigenvalue weighted by atomic mass is 10.0. The van der Waals surface area contributed by atoms with Crippen molar-refractivity contribution in [3.8, 4) is 0 Å². The van der Waals surface area contributed by atoms with Gasteiger partial charge in [0.05, 0.1) is 18.8 Å². The first-order valence-corrected chi connectivity index (χ1v) is 7.35. The molecule has 0 aromatic carbocycles. The van der Waals surface area contributed by atoms with Crippen LogP contribution in [0.3, 0.4) is 0 Å². The number of halogens is 2. The number of alkyl halides is 1. The standard InChI is InChI=1S/C12H18BrClO3/c1-2-9-8(13)5-7(14)3-4-10(16-9)12-11(6-15)17-12/h3,8-12,15H,2,4-6H2,1H3/b7-3+/t8-,9+,10+,11+,12-/m0/s1. The third-order valence-electron chi connectivity index (χ3n) is 3.29. The van der Waals surface area contributed by atoms with Gasteiger partial charge < -0.3 is 14.6 Å². The Labute approximate surface area is 115 Å². The van der Waals surface area contributed by atoms with Gasteiger partial charge in [-0.05, 0) is 19.3 Å². The fraction of sp³-hybridized carbons (Fsp3) is 0.833. The summed E-state index contributed by atoms with van der Waals surface area (Å²) in [6.07, 6.45) is 4.62. The van der Waals surface area contributed by atoms with E-state index in [1.165, 1.54) is 0 Å². The zero-order valence-electron chi connectivity index (χ0n) is 9.81. The lowest BCUT2D eigenvalue weighted by Crippen LogP contribution is -2.34. The van der Waals surface area contributed by atoms with Crippen molar-refractivity contribution in [3.63, 3.8) is 0 Å². The van der Waals surface area contributed by atoms with Crippen LogP contribution in [0.4, 0.5) is 0 Å². The number of rotatable bonds is 3. The number of aliphatic hydroxyl groups is 1. The van der Waals surface area contributed by atoms with Gasteiger partial charge in [0.2, 0.25) is 0 Å². The van der Waals surface area contributed by atoms with Crippen LogP contribution in [-0.2, 0) is 9.47 Å². The highest BCUT2D eigenvalue weighted by Gasteiger charge is 2.46. The average molecular weight is 326 g/mol. The van der Waals surface area contributed by atoms with E-state index < -0.39 is 0 Å². The van der Waals surface area contributed by atoms with E-state index in [9.17, 15) is 0 Å². The molecule has 2 heterocycles. The summed E-state index contributed by atoms with van der Waals surface area (Å²) < 4.78 is 11.5. The van der Waals surface area contributed by atoms with Gasteiger partial charge in [-0.2, -0.15) is 0 Å². The SMILES string of the molecule is CC[C@H]1O[C@@H]([C@@H]2O[C@@H]2CO)C/C=C(/Cl)C[C@@H]1Br. The highest BCUT2D eigenvalue weighted by Crippen LogP contribution is 2.34. The Balaban J connectivity index is 2.03. The van der Waals surface area contributed by atoms with Crippen molar-refractivity contribution in [2.45, 2.75) is 55.4 Å². The maximum atomic E-state index is 9.03. The van der Waals surface area contributed by atoms with Gasteiger partial charge in [0, 0.05) is 9.86 Å². The van der Waals surface area contributed by atoms with Crippen molar-refractivity contribution in [1.82, 2.24) is 0 Å². The summed E-state index contributed by atoms with van der Waals surface area (Å²) in [6, 6.07) is 0. The molecular weight excluding hydrogens is 307 g/mol. The molecular formula is C12H18BrClO3. The lowest BCUT2D eigenvalue weighted by Gasteiger charge is -2.28. The largest absolute Gasteiger partial charge is 0.394 e. The minimum Gasteiger partial charge on any atom is -0.394 e. The monoisotopic (exact) mass is 324 g/mol. The Morgan fingerprint density at radius 3 is 2.82 bits per heavy atom. The molecule has 0 aromatic rings. The van der Waals surface area contributed by atoms with E-state index in [1.807, 2.05) is 6.08 Å². The molecule has 0 amide bonds. The predicted molar refractivity (Wildman–Crippen MR) is 70.6 cm³/mol. The molecule has 0 spiro atoms. The first-order valence-electron chi connectivity index (χ1n) is 6.06. The van der Waals surface area contributed by atoms with Crippen LogP contribution in [0.1, 0.15) is 26.2 Å². The number of hydrogen-bond donors (Lipinski definition) is 1. The van der Waals surface area contributed by atoms with Crippen molar-refractivity contribution < 1.29 is 14.6 Å². The zero-order chi connectivity index (χ0) is 12.4. The molecule has 2 aliphatic heterocycles. The first kappa shape index (κ1) is 13.8. The maximum absolute atomic E-state index is 9.03. The Morgan fingerprint density at radius 1 is 1.47 bits per heavy atom. The van der Waals surface area contributed by atoms with Crippen LogP contribution in [0, 0.1) is 0 Å². The molecule has 2 aliphatic rings. The summed E-state index contributed by atoms with van der Waals surface area (Å²) in [5.41, 5.74) is 0. The topological polar surface area (TPSA) is 42.0 Å². The number of ether oxygens (including phenoxy) is 2. The Morgan fingerprint density at radius 2 is 2.24 bits per heavy atom. The zero-order valence-corrected chi connectivity index (χ0v) is 12.2. The van der Waals surface area contributed by atoms with Crippen LogP contribution < -0.4 is 0 Å². The predicted octanol–water partition coefficient (Wildman–Crippen LogP) is 2.59. The molecule has 1 saturated heterocycles. The molecule has 0 radical (unpaired) electrons. The van der Waals surface area contributed by atoms with Gasteiger partial charge in [0.1, 0.15) is 12.2 Å². The van der Waals surface area contributed by atoms with Gasteiger partial charge in [-0.1, -0.05) is 40.5 Å². The molecule has 17 heavy (non-hydrogen) atoms. The van der Waals surface area contributed by atoms with Gasteiger partial charge in [-0.3, -0.25) is 0 Å². The number of aliphatic hydroxyl groups excluding tert-OH is 1. The molecule has 98 valence electrons. The lowest BCUT2D eigenvalue weighted by molar-refractivity contribution is -0.0269. The summed E-state index contributed by atoms with van der Waals surface area (Å²) in [6.45, 7) is 2.17. The summed E-state index contributed by atoms with van der Waals surface area (Å²) >= 11 is 9.79. The van der Waals surface area contributed by atoms with Gasteiger partial charge in [0.15, 0.2) is 0 Å². The second-order valence-electron chi connectivity index (χ2n) is 4.55. The Bertz CT molecular complexity index is 297. The second-order valence-corrected chi connectivity index (χ2v) is 6.21. The highest BCUT2D eigenvalue weighted by atomic mass is 79.9. The van der Waals surface area contributed by atoms with E-state index in [-0.39, 0.29) is 35.8 Å². The fourth-order valence-electron chi connectivity index (χ4n) is 2.20. The second kappa shape index (κ2) is 6.02. The quantitative estimate of drug-likeness (QED) is 0.640. The summed E-state index contributed by atoms with van der Waals surface area (Å²) in [5, 5.41) is 9.90. The third kappa shape index (κ3) is 3.44. The van der Waals surface area contributed by atoms with E-state index in [2.05, 4.69) is 22.9 Å². The molecule has 1 fully saturated rings. The molecule has 0 unspecified atom stereocenters. The normalized spacial score (nSPS) is 45.6. The molecule has 5 atom stereocenters. The smallest absolute Gasteiger partial charge is 0.113 e. The van der Waals surface area contributed by atoms with Crippen molar-refractivity contribution in [1.29, 1.82) is 0 Å². The fourth-order valence-corrected chi connectivity index (χ4v) is 3.49. The number of hydrogen-bond acceptors (Lipinski definition) is 3. The van der Waals surface area contributed by atoms with Crippen LogP contribution in [0.15, 0.2) is 11.1 Å². The first-order chi connectivity index (χ1) is 8.15. The van der Waals surface area contributed by atoms with E-state index in [4.69, 9.17) is 26.2 Å². The molecule has 0 saturated carbocycles. The van der Waals surface area contributed by atoms with Crippen LogP contribution in [0.5, 0.6) is 0 Å². The van der Waals surface area contributed by atoms with Crippen molar-refractivity contribution in [2.24, 2.45) is 0 Å². The molecule has 0 bridgehead atoms. The Kier molecular flexibility index (Phi) is 4.89. The third-order valence-corrected chi connectivity index (χ3v) is 4.51. The average Bonchev–Trinajstić information content (AvgIpc) is 3.06. The minimum atomic E-state index is -0.0575. The van der Waals surface area contributed by atoms with Gasteiger partial charge in [0.25, 0.3) is 0 Å². The van der Waals surface area contributed by atoms with Crippen LogP contribution in [0.25, 0.3) is 0 Å². The van der Waals surface area contributed by atoms with Gasteiger partial charge in [-0.15, -0.1) is 0 Å². The maximum Gasteiger partial charge on any atom is 0.113 e. The van der Waals surface area contributed by atoms with E-state index >= 15 is 0 Å². The number of epoxide rings is 1. The van der Waals surface area contributed by atoms with E-state index in [0.29, 0.717) is 0 Å². The van der Waals surface area contributed by atoms with Crippen molar-refractivity contribution in [2.75, 3.05) is 6.61 Å².